The first-order valence-corrected chi connectivity index (χ1v) is 8.26. The third-order valence-electron chi connectivity index (χ3n) is 3.77. The van der Waals surface area contributed by atoms with Crippen LogP contribution < -0.4 is 5.32 Å². The fourth-order valence-corrected chi connectivity index (χ4v) is 3.70. The van der Waals surface area contributed by atoms with Gasteiger partial charge in [0.05, 0.1) is 0 Å². The summed E-state index contributed by atoms with van der Waals surface area (Å²) >= 11 is 1.97. The lowest BCUT2D eigenvalue weighted by Gasteiger charge is -2.14. The van der Waals surface area contributed by atoms with E-state index in [0.717, 1.165) is 6.54 Å². The van der Waals surface area contributed by atoms with E-state index in [2.05, 4.69) is 54.7 Å². The van der Waals surface area contributed by atoms with Gasteiger partial charge in [0.25, 0.3) is 0 Å². The van der Waals surface area contributed by atoms with Crippen LogP contribution in [0.4, 0.5) is 5.69 Å². The van der Waals surface area contributed by atoms with Crippen molar-refractivity contribution < 1.29 is 0 Å². The van der Waals surface area contributed by atoms with E-state index < -0.39 is 0 Å². The Morgan fingerprint density at radius 2 is 1.85 bits per heavy atom. The van der Waals surface area contributed by atoms with Crippen LogP contribution in [0.3, 0.4) is 0 Å². The van der Waals surface area contributed by atoms with Crippen molar-refractivity contribution in [2.45, 2.75) is 36.3 Å². The number of hydrogen-bond acceptors (Lipinski definition) is 2. The lowest BCUT2D eigenvalue weighted by Crippen LogP contribution is -2.12. The number of nitrogens with one attached hydrogen (secondary N) is 1. The number of anilines is 1. The molecule has 0 saturated carbocycles. The van der Waals surface area contributed by atoms with Gasteiger partial charge in [0.1, 0.15) is 0 Å². The topological polar surface area (TPSA) is 12.0 Å². The van der Waals surface area contributed by atoms with Crippen LogP contribution in [0, 0.1) is 0 Å². The molecule has 20 heavy (non-hydrogen) atoms. The number of hydrogen-bond donors (Lipinski definition) is 1. The van der Waals surface area contributed by atoms with Crippen LogP contribution in [0.1, 0.15) is 24.5 Å². The highest BCUT2D eigenvalue weighted by molar-refractivity contribution is 8.00. The molecule has 1 aliphatic carbocycles. The van der Waals surface area contributed by atoms with Gasteiger partial charge in [-0.2, -0.15) is 0 Å². The highest BCUT2D eigenvalue weighted by atomic mass is 32.2. The van der Waals surface area contributed by atoms with Gasteiger partial charge in [0.15, 0.2) is 0 Å². The van der Waals surface area contributed by atoms with Gasteiger partial charge >= 0.3 is 0 Å². The molecule has 0 amide bonds. The normalized spacial score (nSPS) is 14.8. The minimum atomic E-state index is 0.564. The van der Waals surface area contributed by atoms with Gasteiger partial charge in [-0.05, 0) is 54.7 Å². The third kappa shape index (κ3) is 3.37. The van der Waals surface area contributed by atoms with Crippen LogP contribution in [-0.4, -0.2) is 11.8 Å². The SMILES string of the molecule is CC(CNc1ccccc1)Sc1ccc2c(c1)CCC2. The first-order chi connectivity index (χ1) is 9.81. The van der Waals surface area contributed by atoms with Gasteiger partial charge < -0.3 is 5.32 Å². The first-order valence-electron chi connectivity index (χ1n) is 7.38. The maximum atomic E-state index is 3.50. The molecule has 0 aromatic heterocycles. The van der Waals surface area contributed by atoms with Crippen LogP contribution >= 0.6 is 11.8 Å². The second kappa shape index (κ2) is 6.36. The monoisotopic (exact) mass is 283 g/mol. The van der Waals surface area contributed by atoms with Crippen molar-refractivity contribution in [2.75, 3.05) is 11.9 Å². The van der Waals surface area contributed by atoms with Crippen molar-refractivity contribution in [2.24, 2.45) is 0 Å². The second-order valence-electron chi connectivity index (χ2n) is 5.46. The van der Waals surface area contributed by atoms with Crippen molar-refractivity contribution in [1.82, 2.24) is 0 Å². The Morgan fingerprint density at radius 3 is 2.70 bits per heavy atom. The van der Waals surface area contributed by atoms with Crippen LogP contribution in [0.15, 0.2) is 53.4 Å². The molecular formula is C18H21NS. The summed E-state index contributed by atoms with van der Waals surface area (Å²) < 4.78 is 0. The van der Waals surface area contributed by atoms with Crippen molar-refractivity contribution in [3.8, 4) is 0 Å². The van der Waals surface area contributed by atoms with Gasteiger partial charge in [0, 0.05) is 22.4 Å². The van der Waals surface area contributed by atoms with Crippen LogP contribution in [0.5, 0.6) is 0 Å². The summed E-state index contributed by atoms with van der Waals surface area (Å²) in [7, 11) is 0. The Kier molecular flexibility index (Phi) is 4.31. The number of rotatable bonds is 5. The van der Waals surface area contributed by atoms with E-state index >= 15 is 0 Å². The number of para-hydroxylation sites is 1. The first kappa shape index (κ1) is 13.6. The van der Waals surface area contributed by atoms with E-state index in [9.17, 15) is 0 Å². The minimum Gasteiger partial charge on any atom is -0.384 e. The quantitative estimate of drug-likeness (QED) is 0.793. The summed E-state index contributed by atoms with van der Waals surface area (Å²) in [6.07, 6.45) is 3.86. The zero-order chi connectivity index (χ0) is 13.8. The number of thioether (sulfide) groups is 1. The molecule has 2 heteroatoms. The molecule has 3 rings (SSSR count). The zero-order valence-corrected chi connectivity index (χ0v) is 12.7. The molecule has 1 atom stereocenters. The van der Waals surface area contributed by atoms with Crippen molar-refractivity contribution in [3.05, 3.63) is 59.7 Å². The highest BCUT2D eigenvalue weighted by Crippen LogP contribution is 2.29. The molecule has 0 fully saturated rings. The molecule has 2 aromatic carbocycles. The fraction of sp³-hybridized carbons (Fsp3) is 0.333. The summed E-state index contributed by atoms with van der Waals surface area (Å²) in [6.45, 7) is 3.28. The van der Waals surface area contributed by atoms with Gasteiger partial charge in [-0.1, -0.05) is 31.2 Å². The Hall–Kier alpha value is -1.41. The molecule has 1 N–H and O–H groups in total. The van der Waals surface area contributed by atoms with Gasteiger partial charge in [0.2, 0.25) is 0 Å². The molecule has 0 spiro atoms. The Bertz CT molecular complexity index is 565. The molecular weight excluding hydrogens is 262 g/mol. The third-order valence-corrected chi connectivity index (χ3v) is 4.87. The number of fused-ring (bicyclic) bond motifs is 1. The number of aryl methyl sites for hydroxylation is 2. The van der Waals surface area contributed by atoms with E-state index in [1.54, 1.807) is 11.1 Å². The average Bonchev–Trinajstić information content (AvgIpc) is 2.94. The molecule has 0 saturated heterocycles. The van der Waals surface area contributed by atoms with Crippen LogP contribution in [-0.2, 0) is 12.8 Å². The predicted octanol–water partition coefficient (Wildman–Crippen LogP) is 4.77. The summed E-state index contributed by atoms with van der Waals surface area (Å²) in [5.74, 6) is 0. The molecule has 1 aliphatic rings. The van der Waals surface area contributed by atoms with E-state index in [1.165, 1.54) is 29.8 Å². The zero-order valence-electron chi connectivity index (χ0n) is 11.9. The Morgan fingerprint density at radius 1 is 1.05 bits per heavy atom. The fourth-order valence-electron chi connectivity index (χ4n) is 2.71. The molecule has 0 bridgehead atoms. The highest BCUT2D eigenvalue weighted by Gasteiger charge is 2.12. The van der Waals surface area contributed by atoms with Gasteiger partial charge in [-0.3, -0.25) is 0 Å². The van der Waals surface area contributed by atoms with Crippen LogP contribution in [0.2, 0.25) is 0 Å². The lowest BCUT2D eigenvalue weighted by atomic mass is 10.1. The summed E-state index contributed by atoms with van der Waals surface area (Å²) in [5, 5.41) is 4.06. The number of benzene rings is 2. The van der Waals surface area contributed by atoms with E-state index in [1.807, 2.05) is 17.8 Å². The maximum absolute atomic E-state index is 3.50. The second-order valence-corrected chi connectivity index (χ2v) is 6.97. The molecule has 2 aromatic rings. The smallest absolute Gasteiger partial charge is 0.0340 e. The van der Waals surface area contributed by atoms with Gasteiger partial charge in [-0.15, -0.1) is 11.8 Å². The molecule has 1 nitrogen and oxygen atoms in total. The van der Waals surface area contributed by atoms with E-state index in [-0.39, 0.29) is 0 Å². The van der Waals surface area contributed by atoms with E-state index in [4.69, 9.17) is 0 Å². The van der Waals surface area contributed by atoms with Crippen molar-refractivity contribution >= 4 is 17.4 Å². The van der Waals surface area contributed by atoms with Crippen molar-refractivity contribution in [3.63, 3.8) is 0 Å². The predicted molar refractivity (Wildman–Crippen MR) is 88.7 cm³/mol. The van der Waals surface area contributed by atoms with Crippen molar-refractivity contribution in [1.29, 1.82) is 0 Å². The van der Waals surface area contributed by atoms with Crippen LogP contribution in [0.25, 0.3) is 0 Å². The minimum absolute atomic E-state index is 0.564. The Labute approximate surface area is 125 Å². The molecule has 0 heterocycles. The van der Waals surface area contributed by atoms with E-state index in [0.29, 0.717) is 5.25 Å². The molecule has 1 unspecified atom stereocenters. The van der Waals surface area contributed by atoms with Gasteiger partial charge in [-0.25, -0.2) is 0 Å². The summed E-state index contributed by atoms with van der Waals surface area (Å²) in [6, 6.07) is 17.4. The average molecular weight is 283 g/mol. The standard InChI is InChI=1S/C18H21NS/c1-14(13-19-17-8-3-2-4-9-17)20-18-11-10-15-6-5-7-16(15)12-18/h2-4,8-12,14,19H,5-7,13H2,1H3. The molecule has 0 aliphatic heterocycles. The molecule has 0 radical (unpaired) electrons. The Balaban J connectivity index is 1.55. The lowest BCUT2D eigenvalue weighted by molar-refractivity contribution is 0.911. The summed E-state index contributed by atoms with van der Waals surface area (Å²) in [5.41, 5.74) is 4.33. The molecule has 104 valence electrons. The largest absolute Gasteiger partial charge is 0.384 e. The maximum Gasteiger partial charge on any atom is 0.0340 e. The summed E-state index contributed by atoms with van der Waals surface area (Å²) in [4.78, 5) is 1.41.